The summed E-state index contributed by atoms with van der Waals surface area (Å²) < 4.78 is 15.4. The minimum Gasteiger partial charge on any atom is -0.456 e. The molecule has 6 nitrogen and oxygen atoms in total. The SMILES string of the molecule is c1ccc(-c2ccc3c(c2)oc2cc(-c4nc(-c5ccccc5)nc(-c5cccc6oc7ccc(-c8ccc9c%10ccccc%10n(-c%10ccccc%10)c9c8)cc7c56)n4)ccc23)cc1. The molecule has 0 aliphatic carbocycles. The molecule has 13 rings (SSSR count). The second-order valence-electron chi connectivity index (χ2n) is 16.0. The second-order valence-corrected chi connectivity index (χ2v) is 16.0. The van der Waals surface area contributed by atoms with E-state index in [4.69, 9.17) is 23.8 Å². The second kappa shape index (κ2) is 14.0. The third kappa shape index (κ3) is 5.76. The summed E-state index contributed by atoms with van der Waals surface area (Å²) in [6.45, 7) is 0. The number of nitrogens with zero attached hydrogens (tertiary/aromatic N) is 4. The van der Waals surface area contributed by atoms with E-state index in [2.05, 4.69) is 156 Å². The van der Waals surface area contributed by atoms with Gasteiger partial charge in [0, 0.05) is 54.7 Å². The average molecular weight is 807 g/mol. The maximum atomic E-state index is 6.55. The lowest BCUT2D eigenvalue weighted by Gasteiger charge is -2.10. The number of hydrogen-bond donors (Lipinski definition) is 0. The van der Waals surface area contributed by atoms with Crippen LogP contribution in [0.25, 0.3) is 128 Å². The third-order valence-corrected chi connectivity index (χ3v) is 12.3. The molecule has 0 aliphatic rings. The number of fused-ring (bicyclic) bond motifs is 9. The zero-order valence-corrected chi connectivity index (χ0v) is 33.7. The molecule has 0 saturated heterocycles. The molecule has 0 aliphatic heterocycles. The van der Waals surface area contributed by atoms with Crippen molar-refractivity contribution >= 4 is 65.7 Å². The quantitative estimate of drug-likeness (QED) is 0.167. The summed E-state index contributed by atoms with van der Waals surface area (Å²) >= 11 is 0. The third-order valence-electron chi connectivity index (χ3n) is 12.3. The van der Waals surface area contributed by atoms with Gasteiger partial charge in [-0.05, 0) is 89.0 Å². The molecule has 0 radical (unpaired) electrons. The molecule has 294 valence electrons. The molecule has 0 N–H and O–H groups in total. The van der Waals surface area contributed by atoms with Crippen LogP contribution >= 0.6 is 0 Å². The molecule has 0 fully saturated rings. The fourth-order valence-corrected chi connectivity index (χ4v) is 9.27. The van der Waals surface area contributed by atoms with E-state index in [1.54, 1.807) is 0 Å². The van der Waals surface area contributed by atoms with Crippen molar-refractivity contribution in [3.05, 3.63) is 206 Å². The standard InChI is InChI=1S/C57H34N4O2/c1-4-13-35(14-5-1)39-24-28-44-45-29-25-40(34-53(45)63-52(44)33-39)56-58-55(36-15-6-2-7-16-36)59-57(60-56)46-20-12-22-51-54(46)47-31-37(26-30-50(47)62-51)38-23-27-43-42-19-10-11-21-48(42)61(49(43)32-38)41-17-8-3-9-18-41/h1-34H. The lowest BCUT2D eigenvalue weighted by Crippen LogP contribution is -2.00. The predicted molar refractivity (Wildman–Crippen MR) is 256 cm³/mol. The fraction of sp³-hybridized carbons (Fsp3) is 0. The van der Waals surface area contributed by atoms with Gasteiger partial charge in [-0.1, -0.05) is 140 Å². The first-order valence-electron chi connectivity index (χ1n) is 21.1. The highest BCUT2D eigenvalue weighted by Crippen LogP contribution is 2.41. The van der Waals surface area contributed by atoms with Crippen molar-refractivity contribution in [2.75, 3.05) is 0 Å². The molecule has 63 heavy (non-hydrogen) atoms. The Morgan fingerprint density at radius 3 is 1.63 bits per heavy atom. The molecule has 0 saturated carbocycles. The lowest BCUT2D eigenvalue weighted by molar-refractivity contribution is 0.668. The van der Waals surface area contributed by atoms with Crippen LogP contribution in [0.5, 0.6) is 0 Å². The van der Waals surface area contributed by atoms with Gasteiger partial charge in [0.25, 0.3) is 0 Å². The molecule has 6 heteroatoms. The summed E-state index contributed by atoms with van der Waals surface area (Å²) in [7, 11) is 0. The van der Waals surface area contributed by atoms with Gasteiger partial charge in [0.2, 0.25) is 0 Å². The maximum absolute atomic E-state index is 6.55. The summed E-state index contributed by atoms with van der Waals surface area (Å²) in [5.41, 5.74) is 13.7. The van der Waals surface area contributed by atoms with Crippen molar-refractivity contribution in [1.29, 1.82) is 0 Å². The Morgan fingerprint density at radius 1 is 0.302 bits per heavy atom. The Bertz CT molecular complexity index is 3900. The van der Waals surface area contributed by atoms with Crippen LogP contribution in [0.1, 0.15) is 0 Å². The number of rotatable bonds is 6. The van der Waals surface area contributed by atoms with E-state index in [-0.39, 0.29) is 0 Å². The van der Waals surface area contributed by atoms with Crippen LogP contribution in [-0.2, 0) is 0 Å². The summed E-state index contributed by atoms with van der Waals surface area (Å²) in [5, 5.41) is 6.48. The maximum Gasteiger partial charge on any atom is 0.164 e. The molecule has 9 aromatic carbocycles. The first kappa shape index (κ1) is 35.2. The van der Waals surface area contributed by atoms with Gasteiger partial charge < -0.3 is 13.4 Å². The van der Waals surface area contributed by atoms with Crippen molar-refractivity contribution in [1.82, 2.24) is 19.5 Å². The van der Waals surface area contributed by atoms with Crippen LogP contribution in [0.15, 0.2) is 215 Å². The number of para-hydroxylation sites is 2. The van der Waals surface area contributed by atoms with E-state index in [0.29, 0.717) is 17.5 Å². The van der Waals surface area contributed by atoms with E-state index in [9.17, 15) is 0 Å². The van der Waals surface area contributed by atoms with Gasteiger partial charge in [0.05, 0.1) is 11.0 Å². The number of furan rings is 2. The minimum absolute atomic E-state index is 0.554. The van der Waals surface area contributed by atoms with Gasteiger partial charge in [-0.15, -0.1) is 0 Å². The highest BCUT2D eigenvalue weighted by Gasteiger charge is 2.20. The van der Waals surface area contributed by atoms with E-state index in [1.807, 2.05) is 54.6 Å². The number of benzene rings is 9. The van der Waals surface area contributed by atoms with Crippen molar-refractivity contribution < 1.29 is 8.83 Å². The largest absolute Gasteiger partial charge is 0.456 e. The highest BCUT2D eigenvalue weighted by atomic mass is 16.3. The first-order chi connectivity index (χ1) is 31.2. The lowest BCUT2D eigenvalue weighted by atomic mass is 9.99. The van der Waals surface area contributed by atoms with Crippen molar-refractivity contribution in [3.63, 3.8) is 0 Å². The fourth-order valence-electron chi connectivity index (χ4n) is 9.27. The van der Waals surface area contributed by atoms with Crippen molar-refractivity contribution in [3.8, 4) is 62.1 Å². The Hall–Kier alpha value is -8.61. The van der Waals surface area contributed by atoms with Crippen LogP contribution in [0.2, 0.25) is 0 Å². The molecule has 13 aromatic rings. The topological polar surface area (TPSA) is 69.9 Å². The van der Waals surface area contributed by atoms with Crippen LogP contribution in [0.3, 0.4) is 0 Å². The monoisotopic (exact) mass is 806 g/mol. The summed E-state index contributed by atoms with van der Waals surface area (Å²) in [6.07, 6.45) is 0. The van der Waals surface area contributed by atoms with Crippen LogP contribution in [0.4, 0.5) is 0 Å². The summed E-state index contributed by atoms with van der Waals surface area (Å²) in [4.78, 5) is 15.4. The van der Waals surface area contributed by atoms with E-state index >= 15 is 0 Å². The van der Waals surface area contributed by atoms with E-state index in [0.717, 1.165) is 94.0 Å². The van der Waals surface area contributed by atoms with Gasteiger partial charge in [0.1, 0.15) is 22.3 Å². The van der Waals surface area contributed by atoms with Crippen molar-refractivity contribution in [2.45, 2.75) is 0 Å². The van der Waals surface area contributed by atoms with Gasteiger partial charge in [-0.3, -0.25) is 0 Å². The molecular formula is C57H34N4O2. The van der Waals surface area contributed by atoms with Gasteiger partial charge >= 0.3 is 0 Å². The molecule has 0 bridgehead atoms. The Balaban J connectivity index is 0.963. The minimum atomic E-state index is 0.554. The van der Waals surface area contributed by atoms with Crippen LogP contribution in [0, 0.1) is 0 Å². The predicted octanol–water partition coefficient (Wildman–Crippen LogP) is 15.1. The van der Waals surface area contributed by atoms with Crippen molar-refractivity contribution in [2.24, 2.45) is 0 Å². The van der Waals surface area contributed by atoms with E-state index in [1.165, 1.54) is 16.3 Å². The number of aromatic nitrogens is 4. The molecule has 0 amide bonds. The summed E-state index contributed by atoms with van der Waals surface area (Å²) in [6, 6.07) is 71.6. The Labute approximate surface area is 361 Å². The zero-order chi connectivity index (χ0) is 41.4. The smallest absolute Gasteiger partial charge is 0.164 e. The zero-order valence-electron chi connectivity index (χ0n) is 33.7. The molecule has 4 heterocycles. The molecule has 0 unspecified atom stereocenters. The molecule has 0 spiro atoms. The number of hydrogen-bond acceptors (Lipinski definition) is 5. The highest BCUT2D eigenvalue weighted by molar-refractivity contribution is 6.14. The average Bonchev–Trinajstić information content (AvgIpc) is 4.03. The Kier molecular flexibility index (Phi) is 7.80. The van der Waals surface area contributed by atoms with Crippen LogP contribution in [-0.4, -0.2) is 19.5 Å². The normalized spacial score (nSPS) is 11.8. The van der Waals surface area contributed by atoms with Gasteiger partial charge in [-0.2, -0.15) is 0 Å². The Morgan fingerprint density at radius 2 is 0.857 bits per heavy atom. The molecular weight excluding hydrogens is 773 g/mol. The molecule has 0 atom stereocenters. The first-order valence-corrected chi connectivity index (χ1v) is 21.1. The van der Waals surface area contributed by atoms with Gasteiger partial charge in [0.15, 0.2) is 17.5 Å². The van der Waals surface area contributed by atoms with E-state index < -0.39 is 0 Å². The van der Waals surface area contributed by atoms with Crippen LogP contribution < -0.4 is 0 Å². The van der Waals surface area contributed by atoms with Gasteiger partial charge in [-0.25, -0.2) is 15.0 Å². The summed E-state index contributed by atoms with van der Waals surface area (Å²) in [5.74, 6) is 1.70. The molecule has 4 aromatic heterocycles.